The lowest BCUT2D eigenvalue weighted by atomic mass is 9.86. The quantitative estimate of drug-likeness (QED) is 0.646. The minimum atomic E-state index is 0.121. The van der Waals surface area contributed by atoms with E-state index in [1.54, 1.807) is 17.4 Å². The summed E-state index contributed by atoms with van der Waals surface area (Å²) in [5.74, 6) is 0.665. The number of nitrogens with two attached hydrogens (primary N) is 1. The first kappa shape index (κ1) is 11.6. The number of carbonyl (C=O) groups excluding carboxylic acids is 1. The van der Waals surface area contributed by atoms with Crippen molar-refractivity contribution in [3.8, 4) is 0 Å². The van der Waals surface area contributed by atoms with E-state index >= 15 is 0 Å². The zero-order valence-corrected chi connectivity index (χ0v) is 10.1. The molecule has 2 nitrogen and oxygen atoms in total. The van der Waals surface area contributed by atoms with Crippen molar-refractivity contribution in [2.45, 2.75) is 31.7 Å². The number of thiophene rings is 1. The fourth-order valence-electron chi connectivity index (χ4n) is 2.06. The van der Waals surface area contributed by atoms with Crippen molar-refractivity contribution in [3.63, 3.8) is 0 Å². The molecule has 1 aliphatic rings. The van der Waals surface area contributed by atoms with Gasteiger partial charge in [0.1, 0.15) is 0 Å². The van der Waals surface area contributed by atoms with Gasteiger partial charge in [0.2, 0.25) is 0 Å². The molecule has 0 atom stereocenters. The lowest BCUT2D eigenvalue weighted by Crippen LogP contribution is -2.25. The Kier molecular flexibility index (Phi) is 3.91. The van der Waals surface area contributed by atoms with E-state index in [4.69, 9.17) is 5.73 Å². The molecular formula is C13H17NOS. The maximum atomic E-state index is 11.7. The summed E-state index contributed by atoms with van der Waals surface area (Å²) in [4.78, 5) is 11.7. The van der Waals surface area contributed by atoms with Gasteiger partial charge < -0.3 is 5.73 Å². The van der Waals surface area contributed by atoms with Gasteiger partial charge in [0.15, 0.2) is 5.78 Å². The Bertz CT molecular complexity index is 361. The van der Waals surface area contributed by atoms with Crippen LogP contribution in [0, 0.1) is 5.92 Å². The molecule has 1 aliphatic carbocycles. The summed E-state index contributed by atoms with van der Waals surface area (Å²) < 4.78 is 0. The monoisotopic (exact) mass is 235 g/mol. The van der Waals surface area contributed by atoms with E-state index in [2.05, 4.69) is 6.08 Å². The van der Waals surface area contributed by atoms with Gasteiger partial charge in [0.05, 0.1) is 0 Å². The Morgan fingerprint density at radius 1 is 1.38 bits per heavy atom. The maximum Gasteiger partial charge on any atom is 0.186 e. The molecule has 3 heteroatoms. The summed E-state index contributed by atoms with van der Waals surface area (Å²) in [5.41, 5.74) is 6.64. The summed E-state index contributed by atoms with van der Waals surface area (Å²) in [7, 11) is 0. The second-order valence-electron chi connectivity index (χ2n) is 4.41. The molecule has 1 fully saturated rings. The minimum Gasteiger partial charge on any atom is -0.328 e. The summed E-state index contributed by atoms with van der Waals surface area (Å²) in [6, 6.07) is 2.24. The zero-order chi connectivity index (χ0) is 11.4. The summed E-state index contributed by atoms with van der Waals surface area (Å²) in [6.45, 7) is 0. The minimum absolute atomic E-state index is 0.121. The lowest BCUT2D eigenvalue weighted by Gasteiger charge is -2.23. The van der Waals surface area contributed by atoms with Crippen LogP contribution in [0.2, 0.25) is 0 Å². The molecule has 86 valence electrons. The molecule has 0 aromatic carbocycles. The van der Waals surface area contributed by atoms with Crippen molar-refractivity contribution in [1.82, 2.24) is 0 Å². The van der Waals surface area contributed by atoms with Crippen LogP contribution in [0.5, 0.6) is 0 Å². The SMILES string of the molecule is NC1CCC(/C=C/C(=O)c2ccsc2)CC1. The molecule has 0 radical (unpaired) electrons. The first-order valence-electron chi connectivity index (χ1n) is 5.76. The van der Waals surface area contributed by atoms with E-state index in [-0.39, 0.29) is 5.78 Å². The molecule has 16 heavy (non-hydrogen) atoms. The van der Waals surface area contributed by atoms with Gasteiger partial charge in [-0.3, -0.25) is 4.79 Å². The molecule has 0 saturated heterocycles. The Hall–Kier alpha value is -0.930. The van der Waals surface area contributed by atoms with Crippen molar-refractivity contribution >= 4 is 17.1 Å². The Labute approximate surface area is 100 Å². The fourth-order valence-corrected chi connectivity index (χ4v) is 2.71. The number of carbonyl (C=O) groups is 1. The maximum absolute atomic E-state index is 11.7. The highest BCUT2D eigenvalue weighted by Crippen LogP contribution is 2.24. The summed E-state index contributed by atoms with van der Waals surface area (Å²) in [6.07, 6.45) is 8.20. The number of ketones is 1. The topological polar surface area (TPSA) is 43.1 Å². The molecule has 2 rings (SSSR count). The molecule has 0 amide bonds. The van der Waals surface area contributed by atoms with E-state index in [1.807, 2.05) is 16.8 Å². The normalized spacial score (nSPS) is 26.1. The third-order valence-electron chi connectivity index (χ3n) is 3.14. The van der Waals surface area contributed by atoms with Crippen molar-refractivity contribution in [2.24, 2.45) is 11.7 Å². The molecule has 1 aromatic heterocycles. The van der Waals surface area contributed by atoms with Crippen LogP contribution in [0.15, 0.2) is 29.0 Å². The van der Waals surface area contributed by atoms with Gasteiger partial charge in [-0.15, -0.1) is 0 Å². The average molecular weight is 235 g/mol. The lowest BCUT2D eigenvalue weighted by molar-refractivity contribution is 0.104. The van der Waals surface area contributed by atoms with Crippen LogP contribution >= 0.6 is 11.3 Å². The molecule has 1 aromatic rings. The largest absolute Gasteiger partial charge is 0.328 e. The molecule has 0 bridgehead atoms. The van der Waals surface area contributed by atoms with Gasteiger partial charge >= 0.3 is 0 Å². The first-order valence-corrected chi connectivity index (χ1v) is 6.70. The van der Waals surface area contributed by atoms with E-state index < -0.39 is 0 Å². The van der Waals surface area contributed by atoms with Crippen LogP contribution < -0.4 is 5.73 Å². The zero-order valence-electron chi connectivity index (χ0n) is 9.26. The van der Waals surface area contributed by atoms with E-state index in [0.717, 1.165) is 31.2 Å². The van der Waals surface area contributed by atoms with Crippen LogP contribution in [-0.2, 0) is 0 Å². The number of allylic oxidation sites excluding steroid dienone is 2. The van der Waals surface area contributed by atoms with Crippen LogP contribution in [0.1, 0.15) is 36.0 Å². The summed E-state index contributed by atoms with van der Waals surface area (Å²) in [5, 5.41) is 3.82. The fraction of sp³-hybridized carbons (Fsp3) is 0.462. The van der Waals surface area contributed by atoms with Gasteiger partial charge in [-0.05, 0) is 49.1 Å². The van der Waals surface area contributed by atoms with E-state index in [9.17, 15) is 4.79 Å². The van der Waals surface area contributed by atoms with Crippen LogP contribution in [0.25, 0.3) is 0 Å². The van der Waals surface area contributed by atoms with Crippen LogP contribution in [0.3, 0.4) is 0 Å². The van der Waals surface area contributed by atoms with Crippen LogP contribution in [0.4, 0.5) is 0 Å². The third-order valence-corrected chi connectivity index (χ3v) is 3.83. The Balaban J connectivity index is 1.87. The standard InChI is InChI=1S/C13H17NOS/c14-12-4-1-10(2-5-12)3-6-13(15)11-7-8-16-9-11/h3,6-10,12H,1-2,4-5,14H2/b6-3+. The molecule has 0 aliphatic heterocycles. The van der Waals surface area contributed by atoms with E-state index in [1.165, 1.54) is 0 Å². The van der Waals surface area contributed by atoms with Gasteiger partial charge in [-0.25, -0.2) is 0 Å². The van der Waals surface area contributed by atoms with Gasteiger partial charge in [0, 0.05) is 17.0 Å². The molecule has 1 saturated carbocycles. The molecule has 0 unspecified atom stereocenters. The highest BCUT2D eigenvalue weighted by Gasteiger charge is 2.16. The molecule has 0 spiro atoms. The molecule has 1 heterocycles. The van der Waals surface area contributed by atoms with Crippen molar-refractivity contribution in [3.05, 3.63) is 34.5 Å². The van der Waals surface area contributed by atoms with Crippen molar-refractivity contribution in [1.29, 1.82) is 0 Å². The van der Waals surface area contributed by atoms with Crippen molar-refractivity contribution < 1.29 is 4.79 Å². The van der Waals surface area contributed by atoms with Crippen LogP contribution in [-0.4, -0.2) is 11.8 Å². The average Bonchev–Trinajstić information content (AvgIpc) is 2.81. The van der Waals surface area contributed by atoms with Gasteiger partial charge in [0.25, 0.3) is 0 Å². The third kappa shape index (κ3) is 3.03. The highest BCUT2D eigenvalue weighted by molar-refractivity contribution is 7.08. The number of hydrogen-bond acceptors (Lipinski definition) is 3. The van der Waals surface area contributed by atoms with Gasteiger partial charge in [-0.2, -0.15) is 11.3 Å². The van der Waals surface area contributed by atoms with Gasteiger partial charge in [-0.1, -0.05) is 6.08 Å². The second kappa shape index (κ2) is 5.41. The van der Waals surface area contributed by atoms with E-state index in [0.29, 0.717) is 12.0 Å². The number of rotatable bonds is 3. The Morgan fingerprint density at radius 2 is 2.12 bits per heavy atom. The van der Waals surface area contributed by atoms with Crippen molar-refractivity contribution in [2.75, 3.05) is 0 Å². The smallest absolute Gasteiger partial charge is 0.186 e. The second-order valence-corrected chi connectivity index (χ2v) is 5.19. The Morgan fingerprint density at radius 3 is 2.75 bits per heavy atom. The predicted molar refractivity (Wildman–Crippen MR) is 67.7 cm³/mol. The number of hydrogen-bond donors (Lipinski definition) is 1. The highest BCUT2D eigenvalue weighted by atomic mass is 32.1. The first-order chi connectivity index (χ1) is 7.75. The summed E-state index contributed by atoms with van der Waals surface area (Å²) >= 11 is 1.56. The molecule has 2 N–H and O–H groups in total. The predicted octanol–water partition coefficient (Wildman–Crippen LogP) is 3.00. The molecular weight excluding hydrogens is 218 g/mol.